The summed E-state index contributed by atoms with van der Waals surface area (Å²) in [7, 11) is 0. The average Bonchev–Trinajstić information content (AvgIpc) is 2.08. The number of halogens is 3. The van der Waals surface area contributed by atoms with Crippen LogP contribution in [0.25, 0.3) is 0 Å². The van der Waals surface area contributed by atoms with Crippen molar-refractivity contribution in [2.75, 3.05) is 19.6 Å². The number of hydrogen-bond donors (Lipinski definition) is 2. The summed E-state index contributed by atoms with van der Waals surface area (Å²) in [5.41, 5.74) is 0. The summed E-state index contributed by atoms with van der Waals surface area (Å²) in [6.07, 6.45) is -2.44. The number of carbonyl (C=O) groups excluding carboxylic acids is 1. The molecule has 0 saturated carbocycles. The highest BCUT2D eigenvalue weighted by molar-refractivity contribution is 5.77. The topological polar surface area (TPSA) is 41.1 Å². The van der Waals surface area contributed by atoms with E-state index < -0.39 is 18.6 Å². The first-order valence-corrected chi connectivity index (χ1v) is 4.50. The lowest BCUT2D eigenvalue weighted by molar-refractivity contribution is -0.137. The van der Waals surface area contributed by atoms with Crippen molar-refractivity contribution in [1.29, 1.82) is 0 Å². The van der Waals surface area contributed by atoms with E-state index in [4.69, 9.17) is 0 Å². The fourth-order valence-corrected chi connectivity index (χ4v) is 0.765. The molecule has 0 aliphatic rings. The van der Waals surface area contributed by atoms with Gasteiger partial charge in [0.1, 0.15) is 6.54 Å². The van der Waals surface area contributed by atoms with Gasteiger partial charge >= 0.3 is 6.18 Å². The Bertz CT molecular complexity index is 170. The Balaban J connectivity index is 3.38. The number of carbonyl (C=O) groups is 1. The zero-order valence-electron chi connectivity index (χ0n) is 8.08. The lowest BCUT2D eigenvalue weighted by Gasteiger charge is -2.08. The molecule has 84 valence electrons. The Hall–Kier alpha value is -0.780. The summed E-state index contributed by atoms with van der Waals surface area (Å²) in [6.45, 7) is 1.32. The van der Waals surface area contributed by atoms with Gasteiger partial charge in [-0.05, 0) is 13.0 Å². The van der Waals surface area contributed by atoms with Gasteiger partial charge in [-0.3, -0.25) is 4.79 Å². The summed E-state index contributed by atoms with van der Waals surface area (Å²) in [5, 5.41) is 4.52. The number of amides is 1. The molecule has 0 aliphatic carbocycles. The first-order chi connectivity index (χ1) is 6.45. The first-order valence-electron chi connectivity index (χ1n) is 4.50. The van der Waals surface area contributed by atoms with Gasteiger partial charge in [-0.2, -0.15) is 13.2 Å². The summed E-state index contributed by atoms with van der Waals surface area (Å²) in [6, 6.07) is 0. The fraction of sp³-hybridized carbons (Fsp3) is 0.875. The van der Waals surface area contributed by atoms with Crippen LogP contribution in [0, 0.1) is 0 Å². The summed E-state index contributed by atoms with van der Waals surface area (Å²) in [4.78, 5) is 10.8. The smallest absolute Gasteiger partial charge is 0.346 e. The van der Waals surface area contributed by atoms with E-state index in [1.165, 1.54) is 0 Å². The lowest BCUT2D eigenvalue weighted by atomic mass is 10.3. The van der Waals surface area contributed by atoms with Crippen molar-refractivity contribution in [3.8, 4) is 0 Å². The molecule has 0 unspecified atom stereocenters. The van der Waals surface area contributed by atoms with Crippen molar-refractivity contribution in [2.24, 2.45) is 0 Å². The third-order valence-corrected chi connectivity index (χ3v) is 1.48. The van der Waals surface area contributed by atoms with Gasteiger partial charge in [-0.1, -0.05) is 13.3 Å². The van der Waals surface area contributed by atoms with Gasteiger partial charge in [0.25, 0.3) is 0 Å². The largest absolute Gasteiger partial charge is 0.405 e. The van der Waals surface area contributed by atoms with Crippen molar-refractivity contribution in [3.05, 3.63) is 0 Å². The minimum atomic E-state index is -4.33. The molecule has 0 fully saturated rings. The third-order valence-electron chi connectivity index (χ3n) is 1.48. The Morgan fingerprint density at radius 1 is 1.36 bits per heavy atom. The van der Waals surface area contributed by atoms with Gasteiger partial charge in [-0.15, -0.1) is 0 Å². The van der Waals surface area contributed by atoms with Gasteiger partial charge < -0.3 is 10.6 Å². The van der Waals surface area contributed by atoms with Crippen LogP contribution in [0.4, 0.5) is 13.2 Å². The van der Waals surface area contributed by atoms with E-state index in [0.29, 0.717) is 6.54 Å². The number of unbranched alkanes of at least 4 members (excludes halogenated alkanes) is 1. The number of nitrogens with one attached hydrogen (secondary N) is 2. The van der Waals surface area contributed by atoms with E-state index in [0.717, 1.165) is 12.8 Å². The van der Waals surface area contributed by atoms with Crippen LogP contribution < -0.4 is 10.6 Å². The zero-order valence-corrected chi connectivity index (χ0v) is 8.08. The van der Waals surface area contributed by atoms with Gasteiger partial charge in [0.15, 0.2) is 0 Å². The van der Waals surface area contributed by atoms with E-state index in [1.54, 1.807) is 5.32 Å². The minimum Gasteiger partial charge on any atom is -0.346 e. The Morgan fingerprint density at radius 3 is 2.50 bits per heavy atom. The second-order valence-corrected chi connectivity index (χ2v) is 2.92. The number of rotatable bonds is 6. The van der Waals surface area contributed by atoms with Crippen molar-refractivity contribution in [1.82, 2.24) is 10.6 Å². The van der Waals surface area contributed by atoms with Crippen LogP contribution in [0.5, 0.6) is 0 Å². The Kier molecular flexibility index (Phi) is 6.27. The summed E-state index contributed by atoms with van der Waals surface area (Å²) < 4.78 is 34.9. The van der Waals surface area contributed by atoms with E-state index in [9.17, 15) is 18.0 Å². The molecule has 14 heavy (non-hydrogen) atoms. The van der Waals surface area contributed by atoms with Crippen LogP contribution in [-0.4, -0.2) is 31.7 Å². The van der Waals surface area contributed by atoms with E-state index in [2.05, 4.69) is 5.32 Å². The molecule has 0 aliphatic heterocycles. The maximum absolute atomic E-state index is 11.6. The Morgan fingerprint density at radius 2 is 2.00 bits per heavy atom. The highest BCUT2D eigenvalue weighted by Gasteiger charge is 2.27. The highest BCUT2D eigenvalue weighted by atomic mass is 19.4. The van der Waals surface area contributed by atoms with Crippen LogP contribution >= 0.6 is 0 Å². The van der Waals surface area contributed by atoms with Gasteiger partial charge in [-0.25, -0.2) is 0 Å². The molecular weight excluding hydrogens is 197 g/mol. The second kappa shape index (κ2) is 6.64. The first kappa shape index (κ1) is 13.2. The maximum Gasteiger partial charge on any atom is 0.405 e. The van der Waals surface area contributed by atoms with Gasteiger partial charge in [0.05, 0.1) is 6.54 Å². The second-order valence-electron chi connectivity index (χ2n) is 2.92. The highest BCUT2D eigenvalue weighted by Crippen LogP contribution is 2.11. The van der Waals surface area contributed by atoms with Crippen molar-refractivity contribution in [3.63, 3.8) is 0 Å². The van der Waals surface area contributed by atoms with Gasteiger partial charge in [0.2, 0.25) is 5.91 Å². The van der Waals surface area contributed by atoms with E-state index in [-0.39, 0.29) is 6.54 Å². The molecule has 0 aromatic carbocycles. The normalized spacial score (nSPS) is 11.4. The molecule has 6 heteroatoms. The van der Waals surface area contributed by atoms with Crippen LogP contribution in [0.3, 0.4) is 0 Å². The molecule has 0 spiro atoms. The third kappa shape index (κ3) is 9.31. The van der Waals surface area contributed by atoms with Crippen molar-refractivity contribution >= 4 is 5.91 Å². The molecule has 0 aromatic rings. The molecule has 3 nitrogen and oxygen atoms in total. The monoisotopic (exact) mass is 212 g/mol. The Labute approximate surface area is 81.1 Å². The fourth-order valence-electron chi connectivity index (χ4n) is 0.765. The standard InChI is InChI=1S/C8H15F3N2O/c1-2-3-4-12-5-7(14)13-6-8(9,10)11/h12H,2-6H2,1H3,(H,13,14). The summed E-state index contributed by atoms with van der Waals surface area (Å²) >= 11 is 0. The zero-order chi connectivity index (χ0) is 11.0. The van der Waals surface area contributed by atoms with Crippen LogP contribution in [0.1, 0.15) is 19.8 Å². The summed E-state index contributed by atoms with van der Waals surface area (Å²) in [5.74, 6) is -0.626. The van der Waals surface area contributed by atoms with Crippen LogP contribution in [-0.2, 0) is 4.79 Å². The SMILES string of the molecule is CCCCNCC(=O)NCC(F)(F)F. The molecule has 0 aromatic heterocycles. The molecule has 0 radical (unpaired) electrons. The predicted octanol–water partition coefficient (Wildman–Crippen LogP) is 1.05. The molecule has 2 N–H and O–H groups in total. The predicted molar refractivity (Wildman–Crippen MR) is 46.8 cm³/mol. The molecule has 0 atom stereocenters. The number of hydrogen-bond acceptors (Lipinski definition) is 2. The van der Waals surface area contributed by atoms with Crippen LogP contribution in [0.2, 0.25) is 0 Å². The average molecular weight is 212 g/mol. The van der Waals surface area contributed by atoms with E-state index in [1.807, 2.05) is 6.92 Å². The van der Waals surface area contributed by atoms with Crippen molar-refractivity contribution < 1.29 is 18.0 Å². The molecule has 0 heterocycles. The lowest BCUT2D eigenvalue weighted by Crippen LogP contribution is -2.39. The minimum absolute atomic E-state index is 0.0594. The number of alkyl halides is 3. The maximum atomic E-state index is 11.6. The van der Waals surface area contributed by atoms with Crippen molar-refractivity contribution in [2.45, 2.75) is 25.9 Å². The van der Waals surface area contributed by atoms with E-state index >= 15 is 0 Å². The molecular formula is C8H15F3N2O. The van der Waals surface area contributed by atoms with Gasteiger partial charge in [0, 0.05) is 0 Å². The molecule has 0 bridgehead atoms. The molecule has 0 saturated heterocycles. The molecule has 1 amide bonds. The van der Waals surface area contributed by atoms with Crippen LogP contribution in [0.15, 0.2) is 0 Å². The molecule has 0 rings (SSSR count). The quantitative estimate of drug-likeness (QED) is 0.646.